The van der Waals surface area contributed by atoms with Crippen LogP contribution in [0, 0.1) is 11.7 Å². The van der Waals surface area contributed by atoms with E-state index in [-0.39, 0.29) is 23.6 Å². The van der Waals surface area contributed by atoms with Gasteiger partial charge in [-0.1, -0.05) is 32.0 Å². The maximum Gasteiger partial charge on any atom is 0.321 e. The molecule has 1 aliphatic heterocycles. The molecule has 3 aromatic rings. The smallest absolute Gasteiger partial charge is 0.321 e. The average Bonchev–Trinajstić information content (AvgIpc) is 2.73. The number of aromatic amines is 1. The molecule has 2 amide bonds. The van der Waals surface area contributed by atoms with Gasteiger partial charge in [-0.25, -0.2) is 14.2 Å². The first-order valence-electron chi connectivity index (χ1n) is 9.99. The van der Waals surface area contributed by atoms with Gasteiger partial charge in [-0.2, -0.15) is 0 Å². The fourth-order valence-electron chi connectivity index (χ4n) is 3.81. The Labute approximate surface area is 173 Å². The molecule has 0 aliphatic carbocycles. The van der Waals surface area contributed by atoms with Crippen LogP contribution in [0.5, 0.6) is 0 Å². The first-order valence-corrected chi connectivity index (χ1v) is 9.99. The molecule has 2 heterocycles. The van der Waals surface area contributed by atoms with E-state index >= 15 is 0 Å². The maximum atomic E-state index is 13.4. The van der Waals surface area contributed by atoms with E-state index in [2.05, 4.69) is 34.0 Å². The number of nitrogens with one attached hydrogen (secondary N) is 2. The fraction of sp³-hybridized carbons (Fsp3) is 0.318. The fourth-order valence-corrected chi connectivity index (χ4v) is 3.81. The minimum absolute atomic E-state index is 0.0266. The molecule has 7 nitrogen and oxygen atoms in total. The molecular formula is C22H24FN5O2. The predicted molar refractivity (Wildman–Crippen MR) is 115 cm³/mol. The third kappa shape index (κ3) is 3.98. The van der Waals surface area contributed by atoms with Gasteiger partial charge < -0.3 is 15.1 Å². The Morgan fingerprint density at radius 1 is 1.20 bits per heavy atom. The largest absolute Gasteiger partial charge is 0.336 e. The van der Waals surface area contributed by atoms with E-state index in [0.717, 1.165) is 0 Å². The lowest BCUT2D eigenvalue weighted by Crippen LogP contribution is -2.58. The van der Waals surface area contributed by atoms with Crippen molar-refractivity contribution in [2.24, 2.45) is 5.92 Å². The van der Waals surface area contributed by atoms with Gasteiger partial charge in [-0.05, 0) is 36.2 Å². The molecule has 0 radical (unpaired) electrons. The van der Waals surface area contributed by atoms with E-state index in [4.69, 9.17) is 0 Å². The molecule has 1 saturated heterocycles. The monoisotopic (exact) mass is 409 g/mol. The number of H-pyrrole nitrogens is 1. The number of rotatable bonds is 3. The van der Waals surface area contributed by atoms with Crippen molar-refractivity contribution in [3.05, 3.63) is 64.7 Å². The number of hydrogen-bond acceptors (Lipinski definition) is 4. The van der Waals surface area contributed by atoms with Gasteiger partial charge in [0.2, 0.25) is 5.95 Å². The zero-order valence-electron chi connectivity index (χ0n) is 16.9. The van der Waals surface area contributed by atoms with Gasteiger partial charge in [-0.15, -0.1) is 0 Å². The highest BCUT2D eigenvalue weighted by molar-refractivity contribution is 5.89. The Balaban J connectivity index is 1.55. The molecule has 4 rings (SSSR count). The van der Waals surface area contributed by atoms with E-state index in [0.29, 0.717) is 42.2 Å². The van der Waals surface area contributed by atoms with Crippen molar-refractivity contribution in [2.75, 3.05) is 29.9 Å². The number of para-hydroxylation sites is 1. The Morgan fingerprint density at radius 3 is 2.77 bits per heavy atom. The highest BCUT2D eigenvalue weighted by atomic mass is 19.1. The first-order chi connectivity index (χ1) is 14.4. The van der Waals surface area contributed by atoms with Crippen molar-refractivity contribution in [1.82, 2.24) is 14.9 Å². The predicted octanol–water partition coefficient (Wildman–Crippen LogP) is 3.44. The summed E-state index contributed by atoms with van der Waals surface area (Å²) in [5, 5.41) is 3.31. The van der Waals surface area contributed by atoms with E-state index in [9.17, 15) is 14.0 Å². The summed E-state index contributed by atoms with van der Waals surface area (Å²) in [4.78, 5) is 36.5. The number of carbonyl (C=O) groups excluding carboxylic acids is 1. The van der Waals surface area contributed by atoms with E-state index < -0.39 is 5.82 Å². The molecule has 30 heavy (non-hydrogen) atoms. The Morgan fingerprint density at radius 2 is 2.00 bits per heavy atom. The zero-order chi connectivity index (χ0) is 21.3. The summed E-state index contributed by atoms with van der Waals surface area (Å²) in [5.41, 5.74) is 0.887. The third-order valence-corrected chi connectivity index (χ3v) is 5.42. The zero-order valence-corrected chi connectivity index (χ0v) is 16.9. The molecule has 8 heteroatoms. The normalized spacial score (nSPS) is 16.9. The number of anilines is 2. The second-order valence-electron chi connectivity index (χ2n) is 7.80. The molecule has 1 aliphatic rings. The number of halogens is 1. The van der Waals surface area contributed by atoms with Gasteiger partial charge >= 0.3 is 6.03 Å². The molecule has 0 saturated carbocycles. The minimum Gasteiger partial charge on any atom is -0.336 e. The second kappa shape index (κ2) is 8.14. The van der Waals surface area contributed by atoms with Crippen LogP contribution in [0.4, 0.5) is 20.8 Å². The van der Waals surface area contributed by atoms with Gasteiger partial charge in [-0.3, -0.25) is 9.78 Å². The van der Waals surface area contributed by atoms with Gasteiger partial charge in [0.05, 0.1) is 16.9 Å². The molecule has 2 N–H and O–H groups in total. The summed E-state index contributed by atoms with van der Waals surface area (Å²) in [7, 11) is 0. The van der Waals surface area contributed by atoms with Crippen LogP contribution in [0.2, 0.25) is 0 Å². The summed E-state index contributed by atoms with van der Waals surface area (Å²) >= 11 is 0. The van der Waals surface area contributed by atoms with Crippen LogP contribution in [-0.2, 0) is 0 Å². The topological polar surface area (TPSA) is 81.3 Å². The third-order valence-electron chi connectivity index (χ3n) is 5.42. The van der Waals surface area contributed by atoms with Crippen molar-refractivity contribution >= 4 is 28.6 Å². The van der Waals surface area contributed by atoms with E-state index in [1.54, 1.807) is 23.1 Å². The van der Waals surface area contributed by atoms with Crippen LogP contribution in [0.25, 0.3) is 10.9 Å². The number of aromatic nitrogens is 2. The number of hydrogen-bond donors (Lipinski definition) is 2. The Bertz CT molecular complexity index is 1130. The molecule has 0 bridgehead atoms. The molecule has 1 aromatic heterocycles. The molecule has 1 unspecified atom stereocenters. The van der Waals surface area contributed by atoms with E-state index in [1.807, 2.05) is 18.2 Å². The van der Waals surface area contributed by atoms with Crippen LogP contribution < -0.4 is 15.8 Å². The SMILES string of the molecule is CC(C)C1CN(C(=O)Nc2cccc(F)c2)CCN1c1nc2ccccc2c(=O)[nH]1. The van der Waals surface area contributed by atoms with Crippen molar-refractivity contribution in [3.8, 4) is 0 Å². The van der Waals surface area contributed by atoms with Crippen LogP contribution in [0.1, 0.15) is 13.8 Å². The summed E-state index contributed by atoms with van der Waals surface area (Å²) in [6.45, 7) is 5.60. The van der Waals surface area contributed by atoms with E-state index in [1.165, 1.54) is 12.1 Å². The van der Waals surface area contributed by atoms with Crippen molar-refractivity contribution in [1.29, 1.82) is 0 Å². The highest BCUT2D eigenvalue weighted by Crippen LogP contribution is 2.23. The number of fused-ring (bicyclic) bond motifs is 1. The highest BCUT2D eigenvalue weighted by Gasteiger charge is 2.33. The quantitative estimate of drug-likeness (QED) is 0.694. The number of nitrogens with zero attached hydrogens (tertiary/aromatic N) is 3. The van der Waals surface area contributed by atoms with Gasteiger partial charge in [0.1, 0.15) is 5.82 Å². The van der Waals surface area contributed by atoms with Crippen LogP contribution in [0.15, 0.2) is 53.3 Å². The molecule has 1 atom stereocenters. The maximum absolute atomic E-state index is 13.4. The summed E-state index contributed by atoms with van der Waals surface area (Å²) in [5.74, 6) is 0.332. The Kier molecular flexibility index (Phi) is 5.39. The van der Waals surface area contributed by atoms with Crippen molar-refractivity contribution < 1.29 is 9.18 Å². The minimum atomic E-state index is -0.399. The molecule has 2 aromatic carbocycles. The summed E-state index contributed by atoms with van der Waals surface area (Å²) in [6.07, 6.45) is 0. The van der Waals surface area contributed by atoms with Gasteiger partial charge in [0, 0.05) is 25.3 Å². The first kappa shape index (κ1) is 19.9. The van der Waals surface area contributed by atoms with Crippen molar-refractivity contribution in [2.45, 2.75) is 19.9 Å². The van der Waals surface area contributed by atoms with Crippen LogP contribution in [-0.4, -0.2) is 46.6 Å². The number of benzene rings is 2. The van der Waals surface area contributed by atoms with Crippen LogP contribution >= 0.6 is 0 Å². The van der Waals surface area contributed by atoms with Crippen molar-refractivity contribution in [3.63, 3.8) is 0 Å². The van der Waals surface area contributed by atoms with Crippen LogP contribution in [0.3, 0.4) is 0 Å². The molecular weight excluding hydrogens is 385 g/mol. The summed E-state index contributed by atoms with van der Waals surface area (Å²) < 4.78 is 13.4. The number of carbonyl (C=O) groups is 1. The molecule has 0 spiro atoms. The standard InChI is InChI=1S/C22H24FN5O2/c1-14(2)19-13-27(22(30)24-16-7-5-6-15(23)12-16)10-11-28(19)21-25-18-9-4-3-8-17(18)20(29)26-21/h3-9,12,14,19H,10-11,13H2,1-2H3,(H,24,30)(H,25,26,29). The molecule has 1 fully saturated rings. The second-order valence-corrected chi connectivity index (χ2v) is 7.80. The number of piperazine rings is 1. The number of urea groups is 1. The lowest BCUT2D eigenvalue weighted by atomic mass is 10.00. The van der Waals surface area contributed by atoms with Gasteiger partial charge in [0.15, 0.2) is 0 Å². The Hall–Kier alpha value is -3.42. The lowest BCUT2D eigenvalue weighted by molar-refractivity contribution is 0.189. The lowest BCUT2D eigenvalue weighted by Gasteiger charge is -2.43. The van der Waals surface area contributed by atoms with Gasteiger partial charge in [0.25, 0.3) is 5.56 Å². The summed E-state index contributed by atoms with van der Waals surface area (Å²) in [6, 6.07) is 12.8. The molecule has 156 valence electrons. The average molecular weight is 409 g/mol. The number of amides is 2.